The fourth-order valence-electron chi connectivity index (χ4n) is 6.75. The molecule has 2 atom stereocenters. The van der Waals surface area contributed by atoms with Gasteiger partial charge < -0.3 is 11.5 Å². The van der Waals surface area contributed by atoms with Crippen LogP contribution < -0.4 is 16.2 Å². The number of benzene rings is 4. The van der Waals surface area contributed by atoms with Crippen LogP contribution >= 0.6 is 34.5 Å². The first-order chi connectivity index (χ1) is 27.1. The first-order valence-corrected chi connectivity index (χ1v) is 20.8. The van der Waals surface area contributed by atoms with E-state index in [2.05, 4.69) is 20.8 Å². The van der Waals surface area contributed by atoms with Crippen molar-refractivity contribution in [3.05, 3.63) is 157 Å². The van der Waals surface area contributed by atoms with Crippen molar-refractivity contribution >= 4 is 74.0 Å². The Balaban J connectivity index is 0.000000199. The molecule has 0 aliphatic carbocycles. The minimum atomic E-state index is -3.41. The number of nitrogens with zero attached hydrogens (tertiary/aromatic N) is 5. The van der Waals surface area contributed by atoms with Crippen molar-refractivity contribution in [1.29, 1.82) is 5.26 Å². The number of hydrogen-bond donors (Lipinski definition) is 3. The molecule has 5 aromatic rings. The molecule has 292 valence electrons. The van der Waals surface area contributed by atoms with Crippen LogP contribution in [0.2, 0.25) is 10.0 Å². The molecule has 2 aliphatic heterocycles. The summed E-state index contributed by atoms with van der Waals surface area (Å²) in [6.45, 7) is 3.57. The first-order valence-electron chi connectivity index (χ1n) is 17.6. The zero-order valence-electron chi connectivity index (χ0n) is 31.1. The van der Waals surface area contributed by atoms with Gasteiger partial charge in [-0.15, -0.1) is 11.3 Å². The highest BCUT2D eigenvalue weighted by Gasteiger charge is 2.51. The number of carbonyl (C=O) groups is 2. The average molecular weight is 842 g/mol. The number of carbonyl (C=O) groups excluding carboxylic acids is 2. The number of nitrogens with one attached hydrogen (secondary N) is 1. The number of halogens is 2. The van der Waals surface area contributed by atoms with Crippen molar-refractivity contribution < 1.29 is 18.0 Å². The molecule has 16 heteroatoms. The molecule has 0 saturated carbocycles. The lowest BCUT2D eigenvalue weighted by molar-refractivity contribution is -0.131. The van der Waals surface area contributed by atoms with E-state index >= 15 is 0 Å². The third kappa shape index (κ3) is 8.10. The van der Waals surface area contributed by atoms with Crippen LogP contribution in [0, 0.1) is 11.3 Å². The van der Waals surface area contributed by atoms with Gasteiger partial charge in [-0.3, -0.25) is 24.1 Å². The topological polar surface area (TPSA) is 187 Å². The lowest BCUT2D eigenvalue weighted by Crippen LogP contribution is -2.52. The van der Waals surface area contributed by atoms with E-state index in [1.807, 2.05) is 79.7 Å². The molecule has 12 nitrogen and oxygen atoms in total. The number of anilines is 1. The highest BCUT2D eigenvalue weighted by molar-refractivity contribution is 7.92. The number of thiophene rings is 1. The molecule has 7 rings (SSSR count). The van der Waals surface area contributed by atoms with Gasteiger partial charge in [0.2, 0.25) is 15.9 Å². The van der Waals surface area contributed by atoms with Crippen LogP contribution in [-0.4, -0.2) is 54.8 Å². The van der Waals surface area contributed by atoms with E-state index in [9.17, 15) is 18.0 Å². The Bertz CT molecular complexity index is 2500. The third-order valence-corrected chi connectivity index (χ3v) is 13.0. The van der Waals surface area contributed by atoms with Gasteiger partial charge in [0.1, 0.15) is 16.5 Å². The van der Waals surface area contributed by atoms with Gasteiger partial charge in [-0.25, -0.2) is 18.4 Å². The Hall–Kier alpha value is -5.72. The lowest BCUT2D eigenvalue weighted by atomic mass is 9.78. The van der Waals surface area contributed by atoms with Gasteiger partial charge in [0.05, 0.1) is 28.3 Å². The number of amides is 2. The van der Waals surface area contributed by atoms with Crippen LogP contribution in [0.4, 0.5) is 5.69 Å². The van der Waals surface area contributed by atoms with E-state index in [-0.39, 0.29) is 36.0 Å². The molecule has 2 amide bonds. The van der Waals surface area contributed by atoms with Crippen LogP contribution in [-0.2, 0) is 37.2 Å². The normalized spacial score (nSPS) is 18.9. The number of likely N-dealkylation sites (N-methyl/N-ethyl adjacent to an activating group) is 1. The number of rotatable bonds is 9. The lowest BCUT2D eigenvalue weighted by Gasteiger charge is -2.40. The van der Waals surface area contributed by atoms with E-state index in [4.69, 9.17) is 39.9 Å². The summed E-state index contributed by atoms with van der Waals surface area (Å²) in [5, 5.41) is 9.90. The van der Waals surface area contributed by atoms with Gasteiger partial charge in [-0.1, -0.05) is 102 Å². The first kappa shape index (κ1) is 40.9. The average Bonchev–Trinajstić information content (AvgIpc) is 3.80. The standard InChI is InChI=1S/C24H24N4O3S.C17H14Cl2N4OS/c1-2-32(30,31)27-21-15-9-10-18(16-21)17-28-22(29)24(26-23(28)25,19-11-5-3-6-12-19)20-13-7-4-8-14-20;1-17(13-6-4-10(8-20)25-13)14(15(24)23(2)16(21)22-17)9-3-5-11(18)12(19)7-9/h3-16,27H,2,17H2,1H3,(H2,25,26);3-7,14H,1-2H3,(H2,21,22)/t;14?,17-/m.1/s1. The number of aliphatic imine (C=N–C) groups is 2. The zero-order valence-corrected chi connectivity index (χ0v) is 34.2. The molecule has 3 heterocycles. The second-order valence-electron chi connectivity index (χ2n) is 13.4. The Labute approximate surface area is 345 Å². The Morgan fingerprint density at radius 1 is 0.860 bits per heavy atom. The Morgan fingerprint density at radius 3 is 2.09 bits per heavy atom. The van der Waals surface area contributed by atoms with E-state index in [1.54, 1.807) is 56.4 Å². The summed E-state index contributed by atoms with van der Waals surface area (Å²) in [7, 11) is -1.82. The predicted molar refractivity (Wildman–Crippen MR) is 225 cm³/mol. The highest BCUT2D eigenvalue weighted by atomic mass is 35.5. The smallest absolute Gasteiger partial charge is 0.266 e. The second kappa shape index (κ2) is 16.4. The van der Waals surface area contributed by atoms with Crippen molar-refractivity contribution in [3.63, 3.8) is 0 Å². The number of guanidine groups is 2. The van der Waals surface area contributed by atoms with Crippen molar-refractivity contribution in [2.45, 2.75) is 37.4 Å². The summed E-state index contributed by atoms with van der Waals surface area (Å²) < 4.78 is 26.4. The molecule has 1 unspecified atom stereocenters. The summed E-state index contributed by atoms with van der Waals surface area (Å²) in [6, 6.07) is 36.3. The van der Waals surface area contributed by atoms with Crippen LogP contribution in [0.15, 0.2) is 125 Å². The van der Waals surface area contributed by atoms with Crippen molar-refractivity contribution in [2.75, 3.05) is 17.5 Å². The van der Waals surface area contributed by atoms with E-state index in [0.29, 0.717) is 26.2 Å². The number of nitriles is 1. The monoisotopic (exact) mass is 840 g/mol. The summed E-state index contributed by atoms with van der Waals surface area (Å²) in [5.74, 6) is -0.868. The predicted octanol–water partition coefficient (Wildman–Crippen LogP) is 6.76. The summed E-state index contributed by atoms with van der Waals surface area (Å²) in [4.78, 5) is 40.2. The molecular formula is C41H38Cl2N8O4S2. The van der Waals surface area contributed by atoms with Gasteiger partial charge in [0, 0.05) is 17.6 Å². The van der Waals surface area contributed by atoms with Crippen LogP contribution in [0.5, 0.6) is 0 Å². The van der Waals surface area contributed by atoms with Gasteiger partial charge in [0.25, 0.3) is 5.91 Å². The second-order valence-corrected chi connectivity index (χ2v) is 17.3. The minimum Gasteiger partial charge on any atom is -0.369 e. The van der Waals surface area contributed by atoms with E-state index in [0.717, 1.165) is 21.6 Å². The molecule has 5 N–H and O–H groups in total. The number of hydrogen-bond acceptors (Lipinski definition) is 10. The fraction of sp³-hybridized carbons (Fsp3) is 0.195. The molecule has 4 aromatic carbocycles. The maximum absolute atomic E-state index is 13.8. The molecular weight excluding hydrogens is 804 g/mol. The van der Waals surface area contributed by atoms with Crippen LogP contribution in [0.25, 0.3) is 0 Å². The summed E-state index contributed by atoms with van der Waals surface area (Å²) in [5.41, 5.74) is 13.3. The highest BCUT2D eigenvalue weighted by Crippen LogP contribution is 2.47. The Morgan fingerprint density at radius 2 is 1.51 bits per heavy atom. The largest absolute Gasteiger partial charge is 0.369 e. The van der Waals surface area contributed by atoms with Crippen molar-refractivity contribution in [2.24, 2.45) is 21.5 Å². The number of nitrogens with two attached hydrogens (primary N) is 2. The fourth-order valence-corrected chi connectivity index (χ4v) is 8.61. The molecule has 57 heavy (non-hydrogen) atoms. The van der Waals surface area contributed by atoms with Gasteiger partial charge >= 0.3 is 0 Å². The molecule has 0 bridgehead atoms. The maximum Gasteiger partial charge on any atom is 0.266 e. The van der Waals surface area contributed by atoms with Crippen molar-refractivity contribution in [3.8, 4) is 6.07 Å². The summed E-state index contributed by atoms with van der Waals surface area (Å²) in [6.07, 6.45) is 0. The Kier molecular flexibility index (Phi) is 11.8. The number of sulfonamides is 1. The van der Waals surface area contributed by atoms with Crippen LogP contribution in [0.3, 0.4) is 0 Å². The molecule has 0 radical (unpaired) electrons. The van der Waals surface area contributed by atoms with Gasteiger partial charge in [-0.05, 0) is 72.5 Å². The van der Waals surface area contributed by atoms with E-state index in [1.165, 1.54) is 21.1 Å². The quantitative estimate of drug-likeness (QED) is 0.146. The minimum absolute atomic E-state index is 0.0296. The molecule has 0 fully saturated rings. The van der Waals surface area contributed by atoms with Crippen molar-refractivity contribution in [1.82, 2.24) is 9.80 Å². The van der Waals surface area contributed by atoms with Crippen LogP contribution in [0.1, 0.15) is 51.8 Å². The molecule has 2 aliphatic rings. The third-order valence-electron chi connectivity index (χ3n) is 9.74. The van der Waals surface area contributed by atoms with Gasteiger partial charge in [0.15, 0.2) is 17.5 Å². The zero-order chi connectivity index (χ0) is 41.1. The summed E-state index contributed by atoms with van der Waals surface area (Å²) >= 11 is 13.5. The molecule has 0 saturated heterocycles. The maximum atomic E-state index is 13.8. The SMILES string of the molecule is CCS(=O)(=O)Nc1cccc(CN2C(=O)C(c3ccccc3)(c3ccccc3)N=C2N)c1.CN1C(=O)C(c2ccc(Cl)c(Cl)c2)[C@@](C)(c2ccc(C#N)s2)N=C1N. The molecule has 1 aromatic heterocycles. The van der Waals surface area contributed by atoms with Gasteiger partial charge in [-0.2, -0.15) is 5.26 Å². The molecule has 0 spiro atoms. The van der Waals surface area contributed by atoms with E-state index < -0.39 is 27.0 Å².